The molecule has 18 heavy (non-hydrogen) atoms. The van der Waals surface area contributed by atoms with Crippen molar-refractivity contribution in [2.45, 2.75) is 39.3 Å². The molecule has 1 aromatic heterocycles. The van der Waals surface area contributed by atoms with Gasteiger partial charge in [-0.2, -0.15) is 0 Å². The van der Waals surface area contributed by atoms with E-state index in [1.165, 1.54) is 0 Å². The van der Waals surface area contributed by atoms with Gasteiger partial charge in [-0.1, -0.05) is 13.0 Å². The van der Waals surface area contributed by atoms with E-state index in [2.05, 4.69) is 15.6 Å². The number of carbonyl (C=O) groups excluding carboxylic acids is 2. The van der Waals surface area contributed by atoms with Crippen LogP contribution in [0.25, 0.3) is 0 Å². The molecule has 98 valence electrons. The summed E-state index contributed by atoms with van der Waals surface area (Å²) in [6.07, 6.45) is 4.07. The summed E-state index contributed by atoms with van der Waals surface area (Å²) in [6.45, 7) is 4.28. The van der Waals surface area contributed by atoms with Gasteiger partial charge >= 0.3 is 0 Å². The fraction of sp³-hybridized carbons (Fsp3) is 0.462. The van der Waals surface area contributed by atoms with Gasteiger partial charge in [-0.05, 0) is 25.0 Å². The lowest BCUT2D eigenvalue weighted by Crippen LogP contribution is -2.36. The van der Waals surface area contributed by atoms with E-state index in [0.29, 0.717) is 6.54 Å². The van der Waals surface area contributed by atoms with Crippen LogP contribution in [0.2, 0.25) is 0 Å². The summed E-state index contributed by atoms with van der Waals surface area (Å²) in [5.74, 6) is -0.521. The van der Waals surface area contributed by atoms with E-state index in [-0.39, 0.29) is 24.3 Å². The molecule has 2 N–H and O–H groups in total. The van der Waals surface area contributed by atoms with Gasteiger partial charge in [-0.25, -0.2) is 0 Å². The number of pyridine rings is 1. The summed E-state index contributed by atoms with van der Waals surface area (Å²) in [5.41, 5.74) is 0.910. The van der Waals surface area contributed by atoms with E-state index < -0.39 is 0 Å². The first-order valence-electron chi connectivity index (χ1n) is 6.06. The number of hydrogen-bond donors (Lipinski definition) is 2. The van der Waals surface area contributed by atoms with Gasteiger partial charge in [-0.3, -0.25) is 14.6 Å². The number of amides is 2. The lowest BCUT2D eigenvalue weighted by atomic mass is 10.2. The Morgan fingerprint density at radius 2 is 2.17 bits per heavy atom. The van der Waals surface area contributed by atoms with Crippen molar-refractivity contribution >= 4 is 11.8 Å². The van der Waals surface area contributed by atoms with Crippen LogP contribution in [-0.4, -0.2) is 22.8 Å². The molecule has 1 atom stereocenters. The van der Waals surface area contributed by atoms with Gasteiger partial charge in [0.25, 0.3) is 0 Å². The SMILES string of the molecule is CCC(C)NC(=O)CC(=O)NCc1cccnc1. The summed E-state index contributed by atoms with van der Waals surface area (Å²) in [6, 6.07) is 3.77. The number of carbonyl (C=O) groups is 2. The maximum absolute atomic E-state index is 11.5. The monoisotopic (exact) mass is 249 g/mol. The number of nitrogens with one attached hydrogen (secondary N) is 2. The molecule has 0 bridgehead atoms. The van der Waals surface area contributed by atoms with Crippen molar-refractivity contribution < 1.29 is 9.59 Å². The second-order valence-electron chi connectivity index (χ2n) is 4.19. The second-order valence-corrected chi connectivity index (χ2v) is 4.19. The van der Waals surface area contributed by atoms with Crippen LogP contribution in [-0.2, 0) is 16.1 Å². The van der Waals surface area contributed by atoms with Crippen molar-refractivity contribution in [3.05, 3.63) is 30.1 Å². The van der Waals surface area contributed by atoms with Crippen LogP contribution >= 0.6 is 0 Å². The molecule has 0 spiro atoms. The molecule has 1 aromatic rings. The lowest BCUT2D eigenvalue weighted by molar-refractivity contribution is -0.129. The highest BCUT2D eigenvalue weighted by molar-refractivity contribution is 5.96. The molecule has 1 rings (SSSR count). The molecule has 0 radical (unpaired) electrons. The molecular weight excluding hydrogens is 230 g/mol. The molecule has 2 amide bonds. The van der Waals surface area contributed by atoms with Crippen LogP contribution in [0.3, 0.4) is 0 Å². The van der Waals surface area contributed by atoms with Crippen LogP contribution < -0.4 is 10.6 Å². The maximum atomic E-state index is 11.5. The molecule has 5 heteroatoms. The quantitative estimate of drug-likeness (QED) is 0.739. The smallest absolute Gasteiger partial charge is 0.229 e. The molecule has 0 saturated heterocycles. The van der Waals surface area contributed by atoms with Gasteiger partial charge in [0.2, 0.25) is 11.8 Å². The third-order valence-electron chi connectivity index (χ3n) is 2.55. The highest BCUT2D eigenvalue weighted by atomic mass is 16.2. The van der Waals surface area contributed by atoms with E-state index in [4.69, 9.17) is 0 Å². The van der Waals surface area contributed by atoms with E-state index in [9.17, 15) is 9.59 Å². The lowest BCUT2D eigenvalue weighted by Gasteiger charge is -2.11. The summed E-state index contributed by atoms with van der Waals surface area (Å²) < 4.78 is 0. The average Bonchev–Trinajstić information content (AvgIpc) is 2.37. The van der Waals surface area contributed by atoms with Gasteiger partial charge in [0.1, 0.15) is 6.42 Å². The van der Waals surface area contributed by atoms with Crippen LogP contribution in [0.1, 0.15) is 32.3 Å². The van der Waals surface area contributed by atoms with Gasteiger partial charge in [0.15, 0.2) is 0 Å². The van der Waals surface area contributed by atoms with Crippen molar-refractivity contribution in [3.63, 3.8) is 0 Å². The number of rotatable bonds is 6. The Balaban J connectivity index is 2.27. The van der Waals surface area contributed by atoms with E-state index in [1.807, 2.05) is 19.9 Å². The Labute approximate surface area is 107 Å². The average molecular weight is 249 g/mol. The Morgan fingerprint density at radius 3 is 2.78 bits per heavy atom. The van der Waals surface area contributed by atoms with Crippen molar-refractivity contribution in [3.8, 4) is 0 Å². The fourth-order valence-corrected chi connectivity index (χ4v) is 1.34. The minimum Gasteiger partial charge on any atom is -0.353 e. The molecule has 0 fully saturated rings. The van der Waals surface area contributed by atoms with Crippen LogP contribution in [0, 0.1) is 0 Å². The number of nitrogens with zero attached hydrogens (tertiary/aromatic N) is 1. The van der Waals surface area contributed by atoms with Crippen LogP contribution in [0.15, 0.2) is 24.5 Å². The normalized spacial score (nSPS) is 11.7. The van der Waals surface area contributed by atoms with Gasteiger partial charge in [-0.15, -0.1) is 0 Å². The van der Waals surface area contributed by atoms with Crippen molar-refractivity contribution in [2.24, 2.45) is 0 Å². The largest absolute Gasteiger partial charge is 0.353 e. The molecule has 1 unspecified atom stereocenters. The Morgan fingerprint density at radius 1 is 1.39 bits per heavy atom. The number of hydrogen-bond acceptors (Lipinski definition) is 3. The summed E-state index contributed by atoms with van der Waals surface area (Å²) in [5, 5.41) is 5.43. The topological polar surface area (TPSA) is 71.1 Å². The fourth-order valence-electron chi connectivity index (χ4n) is 1.34. The number of aromatic nitrogens is 1. The van der Waals surface area contributed by atoms with Crippen molar-refractivity contribution in [1.82, 2.24) is 15.6 Å². The molecule has 5 nitrogen and oxygen atoms in total. The predicted octanol–water partition coefficient (Wildman–Crippen LogP) is 1.00. The standard InChI is InChI=1S/C13H19N3O2/c1-3-10(2)16-13(18)7-12(17)15-9-11-5-4-6-14-8-11/h4-6,8,10H,3,7,9H2,1-2H3,(H,15,17)(H,16,18). The molecular formula is C13H19N3O2. The van der Waals surface area contributed by atoms with Crippen molar-refractivity contribution in [2.75, 3.05) is 0 Å². The second kappa shape index (κ2) is 7.42. The van der Waals surface area contributed by atoms with Crippen LogP contribution in [0.5, 0.6) is 0 Å². The molecule has 0 aliphatic heterocycles. The first-order valence-corrected chi connectivity index (χ1v) is 6.06. The molecule has 0 aromatic carbocycles. The van der Waals surface area contributed by atoms with E-state index >= 15 is 0 Å². The third-order valence-corrected chi connectivity index (χ3v) is 2.55. The Bertz CT molecular complexity index is 392. The van der Waals surface area contributed by atoms with Crippen LogP contribution in [0.4, 0.5) is 0 Å². The molecule has 0 aliphatic carbocycles. The molecule has 1 heterocycles. The van der Waals surface area contributed by atoms with E-state index in [0.717, 1.165) is 12.0 Å². The first kappa shape index (κ1) is 14.2. The predicted molar refractivity (Wildman–Crippen MR) is 68.6 cm³/mol. The molecule has 0 saturated carbocycles. The minimum absolute atomic E-state index is 0.101. The summed E-state index contributed by atoms with van der Waals surface area (Å²) in [4.78, 5) is 26.9. The zero-order valence-electron chi connectivity index (χ0n) is 10.8. The first-order chi connectivity index (χ1) is 8.61. The maximum Gasteiger partial charge on any atom is 0.229 e. The Kier molecular flexibility index (Phi) is 5.84. The summed E-state index contributed by atoms with van der Waals surface area (Å²) in [7, 11) is 0. The Hall–Kier alpha value is -1.91. The highest BCUT2D eigenvalue weighted by Gasteiger charge is 2.10. The zero-order valence-corrected chi connectivity index (χ0v) is 10.8. The van der Waals surface area contributed by atoms with Crippen molar-refractivity contribution in [1.29, 1.82) is 0 Å². The zero-order chi connectivity index (χ0) is 13.4. The van der Waals surface area contributed by atoms with Gasteiger partial charge < -0.3 is 10.6 Å². The third kappa shape index (κ3) is 5.43. The minimum atomic E-state index is -0.278. The highest BCUT2D eigenvalue weighted by Crippen LogP contribution is 1.95. The van der Waals surface area contributed by atoms with E-state index in [1.54, 1.807) is 18.5 Å². The molecule has 0 aliphatic rings. The summed E-state index contributed by atoms with van der Waals surface area (Å²) >= 11 is 0. The van der Waals surface area contributed by atoms with Gasteiger partial charge in [0.05, 0.1) is 0 Å². The van der Waals surface area contributed by atoms with Gasteiger partial charge in [0, 0.05) is 25.0 Å².